The van der Waals surface area contributed by atoms with Crippen LogP contribution in [0.1, 0.15) is 37.0 Å². The van der Waals surface area contributed by atoms with Crippen LogP contribution in [0.5, 0.6) is 0 Å². The van der Waals surface area contributed by atoms with Gasteiger partial charge in [0.1, 0.15) is 57.0 Å². The molecule has 3 saturated heterocycles. The summed E-state index contributed by atoms with van der Waals surface area (Å²) in [6, 6.07) is 33.9. The molecule has 13 rings (SSSR count). The van der Waals surface area contributed by atoms with Crippen molar-refractivity contribution >= 4 is 107 Å². The fraction of sp³-hybridized carbons (Fsp3) is 0.277. The Balaban J connectivity index is 0.000000182. The molecule has 3 aliphatic heterocycles. The Morgan fingerprint density at radius 2 is 0.696 bits per heavy atom. The summed E-state index contributed by atoms with van der Waals surface area (Å²) in [5, 5.41) is 35.3. The van der Waals surface area contributed by atoms with Gasteiger partial charge in [0.2, 0.25) is 17.7 Å². The highest BCUT2D eigenvalue weighted by molar-refractivity contribution is 7.71. The predicted molar refractivity (Wildman–Crippen MR) is 430 cm³/mol. The van der Waals surface area contributed by atoms with Gasteiger partial charge in [-0.25, -0.2) is 53.9 Å². The molecule has 4 fully saturated rings. The van der Waals surface area contributed by atoms with Gasteiger partial charge < -0.3 is 70.5 Å². The van der Waals surface area contributed by atoms with Crippen LogP contribution in [0.25, 0.3) is 33.4 Å². The number of hydrogen-bond acceptors (Lipinski definition) is 11. The summed E-state index contributed by atoms with van der Waals surface area (Å²) < 4.78 is 173. The summed E-state index contributed by atoms with van der Waals surface area (Å²) in [7, 11) is -8.41. The molecule has 1 aliphatic carbocycles. The third-order valence-electron chi connectivity index (χ3n) is 20.1. The maximum absolute atomic E-state index is 15.4. The van der Waals surface area contributed by atoms with E-state index in [9.17, 15) is 65.8 Å². The van der Waals surface area contributed by atoms with Gasteiger partial charge in [-0.05, 0) is 180 Å². The van der Waals surface area contributed by atoms with Gasteiger partial charge >= 0.3 is 18.1 Å². The van der Waals surface area contributed by atoms with E-state index in [1.54, 1.807) is 125 Å². The molecule has 9 aromatic rings. The van der Waals surface area contributed by atoms with Crippen LogP contribution in [0.2, 0.25) is 0 Å². The summed E-state index contributed by atoms with van der Waals surface area (Å²) in [4.78, 5) is 80.3. The summed E-state index contributed by atoms with van der Waals surface area (Å²) in [5.41, 5.74) is 0.808. The van der Waals surface area contributed by atoms with Crippen molar-refractivity contribution in [2.24, 2.45) is 17.3 Å². The number of benzene rings is 9. The zero-order chi connectivity index (χ0) is 83.0. The number of nitrogens with one attached hydrogen (secondary N) is 6. The van der Waals surface area contributed by atoms with Gasteiger partial charge in [-0.2, -0.15) is 0 Å². The SMILES string of the molecule is C.Cc1ccc(NC(=O)N[C@H]2C(=O)N(c3ccc(-c4ccccc4P(C)(C)=O)c(F)c3F)CC23CC3)c(F)c1.Cc1ccc(NC(=O)N[C@H]2C(=O)N(c3ccc(-c4ccccc4P(C)(C)=O)c(F)c3F)CC2CO)c(F)c1.Cc1ccc(NC(=O)N[C@H]2C(=O)N(c3ccc(-c4ccccc4P(C)(C)=O)c(F)c3F)CC2CO)c(F)c1. The zero-order valence-corrected chi connectivity index (χ0v) is 65.8. The molecule has 20 nitrogen and oxygen atoms in total. The van der Waals surface area contributed by atoms with Crippen LogP contribution in [0.3, 0.4) is 0 Å². The Labute approximate surface area is 658 Å². The zero-order valence-electron chi connectivity index (χ0n) is 63.1. The van der Waals surface area contributed by atoms with E-state index in [2.05, 4.69) is 31.9 Å². The highest BCUT2D eigenvalue weighted by Gasteiger charge is 2.61. The largest absolute Gasteiger partial charge is 0.396 e. The summed E-state index contributed by atoms with van der Waals surface area (Å²) in [5.74, 6) is -13.1. The van der Waals surface area contributed by atoms with Gasteiger partial charge in [0, 0.05) is 69.5 Å². The number of anilines is 6. The number of carbonyl (C=O) groups is 6. The molecule has 1 saturated carbocycles. The van der Waals surface area contributed by atoms with Crippen LogP contribution in [-0.2, 0) is 28.1 Å². The van der Waals surface area contributed by atoms with Crippen LogP contribution in [-0.4, -0.2) is 137 Å². The highest BCUT2D eigenvalue weighted by atomic mass is 31.2. The maximum atomic E-state index is 15.4. The minimum absolute atomic E-state index is 0. The molecule has 5 atom stereocenters. The number of aliphatic hydroxyl groups is 2. The molecule has 0 bridgehead atoms. The van der Waals surface area contributed by atoms with E-state index in [0.717, 1.165) is 14.7 Å². The Hall–Kier alpha value is -10.8. The second-order valence-electron chi connectivity index (χ2n) is 29.6. The van der Waals surface area contributed by atoms with Gasteiger partial charge in [-0.1, -0.05) is 98.4 Å². The van der Waals surface area contributed by atoms with E-state index in [1.807, 2.05) is 0 Å². The Kier molecular flexibility index (Phi) is 26.1. The lowest BCUT2D eigenvalue weighted by atomic mass is 10.0. The van der Waals surface area contributed by atoms with E-state index in [4.69, 9.17) is 0 Å². The van der Waals surface area contributed by atoms with Crippen LogP contribution < -0.4 is 62.5 Å². The second-order valence-corrected chi connectivity index (χ2v) is 39.1. The highest BCUT2D eigenvalue weighted by Crippen LogP contribution is 2.55. The molecule has 0 radical (unpaired) electrons. The average Bonchev–Trinajstić information content (AvgIpc) is 1.54. The first-order valence-corrected chi connectivity index (χ1v) is 43.6. The molecule has 606 valence electrons. The molecule has 4 aliphatic rings. The van der Waals surface area contributed by atoms with E-state index < -0.39 is 158 Å². The van der Waals surface area contributed by atoms with Gasteiger partial charge in [-0.3, -0.25) is 14.4 Å². The van der Waals surface area contributed by atoms with Crippen LogP contribution in [0.15, 0.2) is 164 Å². The van der Waals surface area contributed by atoms with Crippen molar-refractivity contribution in [1.29, 1.82) is 0 Å². The molecule has 32 heteroatoms. The third-order valence-corrected chi connectivity index (χ3v) is 24.8. The van der Waals surface area contributed by atoms with E-state index in [1.165, 1.54) is 99.5 Å². The van der Waals surface area contributed by atoms with Gasteiger partial charge in [-0.15, -0.1) is 0 Å². The van der Waals surface area contributed by atoms with E-state index >= 15 is 26.3 Å². The molecule has 2 unspecified atom stereocenters. The lowest BCUT2D eigenvalue weighted by Gasteiger charge is -2.20. The number of carbonyl (C=O) groups excluding carboxylic acids is 6. The Morgan fingerprint density at radius 1 is 0.400 bits per heavy atom. The number of hydrogen-bond donors (Lipinski definition) is 8. The van der Waals surface area contributed by atoms with Crippen LogP contribution in [0.4, 0.5) is 88.0 Å². The van der Waals surface area contributed by atoms with Gasteiger partial charge in [0.15, 0.2) is 34.9 Å². The van der Waals surface area contributed by atoms with E-state index in [-0.39, 0.29) is 89.0 Å². The standard InChI is InChI=1S/C28H27F3N3O3P.2C27H27F3N3O4P.CH4/c1-16-8-10-20(19(29)14-16)32-27(36)33-25-26(35)34(15-28(25)12-13-28)21-11-9-18(23(30)24(21)31)17-6-4-5-7-22(17)38(2,3)37;2*1-15-8-10-20(19(28)12-15)31-27(36)32-25-16(14-34)13-33(26(25)35)21-11-9-18(23(29)24(21)30)17-6-4-5-7-22(17)38(2,3)37;/h4-11,14,25H,12-13,15H2,1-3H3,(H2,32,33,36);2*4-12,16,25,34H,13-14H2,1-3H3,(H2,31,32,36);1H4/t25-;2*16?,25-;/m011./s1. The normalized spacial score (nSPS) is 17.6. The minimum Gasteiger partial charge on any atom is -0.396 e. The molecule has 115 heavy (non-hydrogen) atoms. The van der Waals surface area contributed by atoms with Crippen molar-refractivity contribution in [2.75, 3.05) is 103 Å². The molecule has 8 N–H and O–H groups in total. The molecular formula is C83H85F9N9O11P3. The Bertz CT molecular complexity index is 5270. The molecule has 9 aromatic carbocycles. The molecule has 9 amide bonds. The van der Waals surface area contributed by atoms with E-state index in [0.29, 0.717) is 51.0 Å². The van der Waals surface area contributed by atoms with Gasteiger partial charge in [0.05, 0.1) is 47.3 Å². The first-order valence-electron chi connectivity index (χ1n) is 35.8. The second kappa shape index (κ2) is 34.7. The smallest absolute Gasteiger partial charge is 0.319 e. The first kappa shape index (κ1) is 86.6. The average molecular weight is 1650 g/mol. The molecule has 1 spiro atoms. The van der Waals surface area contributed by atoms with Crippen molar-refractivity contribution in [2.45, 2.75) is 59.2 Å². The third kappa shape index (κ3) is 18.6. The fourth-order valence-corrected chi connectivity index (χ4v) is 17.7. The number of amides is 9. The van der Waals surface area contributed by atoms with Crippen LogP contribution >= 0.6 is 21.4 Å². The van der Waals surface area contributed by atoms with Crippen LogP contribution in [0, 0.1) is 90.4 Å². The molecular weight excluding hydrogens is 1560 g/mol. The molecule has 3 heterocycles. The maximum Gasteiger partial charge on any atom is 0.319 e. The van der Waals surface area contributed by atoms with Crippen molar-refractivity contribution in [3.63, 3.8) is 0 Å². The summed E-state index contributed by atoms with van der Waals surface area (Å²) >= 11 is 0. The topological polar surface area (TPSA) is 276 Å². The fourth-order valence-electron chi connectivity index (χ4n) is 14.1. The van der Waals surface area contributed by atoms with Gasteiger partial charge in [0.25, 0.3) is 0 Å². The number of rotatable bonds is 17. The number of aliphatic hydroxyl groups excluding tert-OH is 2. The summed E-state index contributed by atoms with van der Waals surface area (Å²) in [6.07, 6.45) is 1.24. The lowest BCUT2D eigenvalue weighted by Crippen LogP contribution is -2.46. The number of halogens is 9. The van der Waals surface area contributed by atoms with Crippen molar-refractivity contribution in [3.8, 4) is 33.4 Å². The monoisotopic (exact) mass is 1650 g/mol. The van der Waals surface area contributed by atoms with Crippen molar-refractivity contribution in [1.82, 2.24) is 16.0 Å². The Morgan fingerprint density at radius 3 is 0.983 bits per heavy atom. The summed E-state index contributed by atoms with van der Waals surface area (Å²) in [6.45, 7) is 13.0. The van der Waals surface area contributed by atoms with Crippen molar-refractivity contribution in [3.05, 3.63) is 233 Å². The predicted octanol–water partition coefficient (Wildman–Crippen LogP) is 15.2. The lowest BCUT2D eigenvalue weighted by molar-refractivity contribution is -0.119. The van der Waals surface area contributed by atoms with Crippen molar-refractivity contribution < 1.29 is 92.2 Å². The quantitative estimate of drug-likeness (QED) is 0.0313. The first-order chi connectivity index (χ1) is 53.7. The molecule has 0 aromatic heterocycles. The number of aryl methyl sites for hydroxylation is 3. The number of nitrogens with zero attached hydrogens (tertiary/aromatic N) is 3. The number of urea groups is 3. The minimum atomic E-state index is -2.81.